The molecule has 0 spiro atoms. The Labute approximate surface area is 164 Å². The van der Waals surface area contributed by atoms with Gasteiger partial charge in [0.05, 0.1) is 0 Å². The second-order valence-corrected chi connectivity index (χ2v) is 7.15. The summed E-state index contributed by atoms with van der Waals surface area (Å²) < 4.78 is 11.3. The number of rotatable bonds is 6. The first-order valence-corrected chi connectivity index (χ1v) is 9.34. The quantitative estimate of drug-likeness (QED) is 0.292. The fraction of sp³-hybridized carbons (Fsp3) is 0.333. The second kappa shape index (κ2) is 8.76. The van der Waals surface area contributed by atoms with Gasteiger partial charge in [0.2, 0.25) is 6.29 Å². The summed E-state index contributed by atoms with van der Waals surface area (Å²) >= 11 is 1.36. The fourth-order valence-corrected chi connectivity index (χ4v) is 3.50. The van der Waals surface area contributed by atoms with Crippen LogP contribution in [0.15, 0.2) is 53.7 Å². The topological polar surface area (TPSA) is 143 Å². The molecule has 150 valence electrons. The zero-order chi connectivity index (χ0) is 20.3. The number of aromatic nitrogens is 1. The lowest BCUT2D eigenvalue weighted by Crippen LogP contribution is -2.61. The molecule has 1 aliphatic rings. The predicted molar refractivity (Wildman–Crippen MR) is 96.4 cm³/mol. The molecule has 2 unspecified atom stereocenters. The van der Waals surface area contributed by atoms with Gasteiger partial charge in [-0.25, -0.2) is 4.79 Å². The molecular weight excluding hydrogens is 390 g/mol. The van der Waals surface area contributed by atoms with E-state index in [-0.39, 0.29) is 5.75 Å². The normalized spacial score (nSPS) is 27.3. The van der Waals surface area contributed by atoms with E-state index < -0.39 is 36.7 Å². The molecule has 1 aliphatic heterocycles. The van der Waals surface area contributed by atoms with E-state index in [2.05, 4.69) is 0 Å². The monoisotopic (exact) mass is 409 g/mol. The Balaban J connectivity index is 1.62. The van der Waals surface area contributed by atoms with Crippen LogP contribution in [0.3, 0.4) is 0 Å². The largest absolute Gasteiger partial charge is 0.618 e. The van der Waals surface area contributed by atoms with Crippen molar-refractivity contribution in [1.82, 2.24) is 0 Å². The highest BCUT2D eigenvalue weighted by molar-refractivity contribution is 7.98. The number of aliphatic carboxylic acids is 1. The van der Waals surface area contributed by atoms with Crippen LogP contribution in [-0.2, 0) is 15.3 Å². The summed E-state index contributed by atoms with van der Waals surface area (Å²) in [5.74, 6) is -0.652. The first-order valence-electron chi connectivity index (χ1n) is 8.36. The van der Waals surface area contributed by atoms with Crippen LogP contribution in [0.2, 0.25) is 0 Å². The van der Waals surface area contributed by atoms with Crippen LogP contribution in [0.4, 0.5) is 0 Å². The number of carboxylic acid groups (broad SMARTS) is 1. The Morgan fingerprint density at radius 3 is 2.46 bits per heavy atom. The Morgan fingerprint density at radius 2 is 1.82 bits per heavy atom. The standard InChI is InChI=1S/C18H19NO8S/c20-13-14(21)16(17(23)24)27-18(15(13)22)26-11-6-4-10(5-7-11)9-28-12-3-1-2-8-19(12)25/h1-8,13-16,18,20-22H,9H2,(H,23,24)/t13?,14-,15+,16?,18-/m1/s1. The lowest BCUT2D eigenvalue weighted by molar-refractivity contribution is -0.645. The minimum Gasteiger partial charge on any atom is -0.618 e. The van der Waals surface area contributed by atoms with E-state index in [1.54, 1.807) is 42.5 Å². The molecule has 1 aromatic carbocycles. The average Bonchev–Trinajstić information content (AvgIpc) is 2.68. The van der Waals surface area contributed by atoms with E-state index in [4.69, 9.17) is 14.6 Å². The zero-order valence-electron chi connectivity index (χ0n) is 14.5. The molecule has 1 fully saturated rings. The third-order valence-electron chi connectivity index (χ3n) is 4.16. The SMILES string of the molecule is O=C(O)C1O[C@@H](Oc2ccc(CSc3cccc[n+]3[O-])cc2)[C@@H](O)C(O)[C@H]1O. The molecule has 9 nitrogen and oxygen atoms in total. The Morgan fingerprint density at radius 1 is 1.11 bits per heavy atom. The number of ether oxygens (including phenoxy) is 2. The highest BCUT2D eigenvalue weighted by Crippen LogP contribution is 2.26. The van der Waals surface area contributed by atoms with Gasteiger partial charge in [0.15, 0.2) is 12.3 Å². The highest BCUT2D eigenvalue weighted by Gasteiger charge is 2.48. The Hall–Kier alpha value is -2.37. The van der Waals surface area contributed by atoms with Gasteiger partial charge in [-0.15, -0.1) is 0 Å². The van der Waals surface area contributed by atoms with E-state index in [1.165, 1.54) is 18.0 Å². The van der Waals surface area contributed by atoms with Gasteiger partial charge >= 0.3 is 5.97 Å². The smallest absolute Gasteiger partial charge is 0.335 e. The third-order valence-corrected chi connectivity index (χ3v) is 5.25. The lowest BCUT2D eigenvalue weighted by Gasteiger charge is -2.38. The van der Waals surface area contributed by atoms with Crippen molar-refractivity contribution in [3.8, 4) is 5.75 Å². The van der Waals surface area contributed by atoms with Crippen LogP contribution >= 0.6 is 11.8 Å². The second-order valence-electron chi connectivity index (χ2n) is 6.15. The van der Waals surface area contributed by atoms with E-state index in [0.29, 0.717) is 10.8 Å². The molecule has 0 bridgehead atoms. The predicted octanol–water partition coefficient (Wildman–Crippen LogP) is -0.117. The summed E-state index contributed by atoms with van der Waals surface area (Å²) in [6.07, 6.45) is -6.86. The number of aliphatic hydroxyl groups is 3. The van der Waals surface area contributed by atoms with Crippen LogP contribution < -0.4 is 9.47 Å². The zero-order valence-corrected chi connectivity index (χ0v) is 15.3. The number of pyridine rings is 1. The van der Waals surface area contributed by atoms with Crippen LogP contribution in [0, 0.1) is 5.21 Å². The maximum Gasteiger partial charge on any atom is 0.335 e. The van der Waals surface area contributed by atoms with Gasteiger partial charge in [-0.3, -0.25) is 0 Å². The summed E-state index contributed by atoms with van der Waals surface area (Å²) in [5, 5.41) is 50.7. The summed E-state index contributed by atoms with van der Waals surface area (Å²) in [7, 11) is 0. The van der Waals surface area contributed by atoms with Crippen molar-refractivity contribution in [1.29, 1.82) is 0 Å². The molecule has 1 aromatic heterocycles. The molecule has 10 heteroatoms. The minimum atomic E-state index is -1.77. The fourth-order valence-electron chi connectivity index (χ4n) is 2.63. The molecule has 28 heavy (non-hydrogen) atoms. The third kappa shape index (κ3) is 4.54. The number of hydrogen-bond acceptors (Lipinski definition) is 8. The van der Waals surface area contributed by atoms with E-state index in [0.717, 1.165) is 10.3 Å². The summed E-state index contributed by atoms with van der Waals surface area (Å²) in [6.45, 7) is 0. The maximum atomic E-state index is 11.6. The van der Waals surface area contributed by atoms with Crippen LogP contribution in [0.5, 0.6) is 5.75 Å². The van der Waals surface area contributed by atoms with Gasteiger partial charge in [-0.05, 0) is 23.8 Å². The van der Waals surface area contributed by atoms with Crippen LogP contribution in [0.1, 0.15) is 5.56 Å². The van der Waals surface area contributed by atoms with Gasteiger partial charge in [-0.2, -0.15) is 4.73 Å². The van der Waals surface area contributed by atoms with Crippen molar-refractivity contribution >= 4 is 17.7 Å². The minimum absolute atomic E-state index is 0.282. The molecular formula is C18H19NO8S. The van der Waals surface area contributed by atoms with Crippen LogP contribution in [0.25, 0.3) is 0 Å². The molecule has 5 atom stereocenters. The van der Waals surface area contributed by atoms with Crippen LogP contribution in [-0.4, -0.2) is 57.1 Å². The molecule has 2 aromatic rings. The molecule has 1 saturated heterocycles. The molecule has 0 aliphatic carbocycles. The van der Waals surface area contributed by atoms with E-state index in [1.807, 2.05) is 0 Å². The van der Waals surface area contributed by atoms with Crippen molar-refractivity contribution in [3.05, 3.63) is 59.4 Å². The highest BCUT2D eigenvalue weighted by atomic mass is 32.2. The number of hydrogen-bond donors (Lipinski definition) is 4. The van der Waals surface area contributed by atoms with Gasteiger partial charge in [0.25, 0.3) is 5.03 Å². The number of carbonyl (C=O) groups is 1. The number of aliphatic hydroxyl groups excluding tert-OH is 3. The molecule has 2 heterocycles. The lowest BCUT2D eigenvalue weighted by atomic mass is 9.99. The van der Waals surface area contributed by atoms with E-state index in [9.17, 15) is 25.3 Å². The van der Waals surface area contributed by atoms with Gasteiger partial charge in [-0.1, -0.05) is 23.9 Å². The Bertz CT molecular complexity index is 817. The summed E-state index contributed by atoms with van der Waals surface area (Å²) in [4.78, 5) is 11.1. The first kappa shape index (κ1) is 20.4. The Kier molecular flexibility index (Phi) is 6.37. The first-order chi connectivity index (χ1) is 13.4. The van der Waals surface area contributed by atoms with Crippen molar-refractivity contribution in [3.63, 3.8) is 0 Å². The summed E-state index contributed by atoms with van der Waals surface area (Å²) in [5.41, 5.74) is 0.908. The number of carboxylic acids is 1. The van der Waals surface area contributed by atoms with Crippen molar-refractivity contribution in [2.75, 3.05) is 0 Å². The number of benzene rings is 1. The van der Waals surface area contributed by atoms with Crippen molar-refractivity contribution in [2.24, 2.45) is 0 Å². The van der Waals surface area contributed by atoms with Crippen molar-refractivity contribution < 1.29 is 39.4 Å². The molecule has 3 rings (SSSR count). The van der Waals surface area contributed by atoms with Gasteiger partial charge < -0.3 is 35.1 Å². The molecule has 0 saturated carbocycles. The van der Waals surface area contributed by atoms with E-state index >= 15 is 0 Å². The van der Waals surface area contributed by atoms with Crippen molar-refractivity contribution in [2.45, 2.75) is 41.5 Å². The number of nitrogens with zero attached hydrogens (tertiary/aromatic N) is 1. The van der Waals surface area contributed by atoms with Gasteiger partial charge in [0.1, 0.15) is 24.1 Å². The molecule has 4 N–H and O–H groups in total. The molecule has 0 amide bonds. The maximum absolute atomic E-state index is 11.6. The molecule has 0 radical (unpaired) electrons. The van der Waals surface area contributed by atoms with Gasteiger partial charge in [0, 0.05) is 17.9 Å². The number of thioether (sulfide) groups is 1. The average molecular weight is 409 g/mol. The summed E-state index contributed by atoms with van der Waals surface area (Å²) in [6, 6.07) is 11.8.